The van der Waals surface area contributed by atoms with E-state index < -0.39 is 11.8 Å². The SMILES string of the molecule is COc1cc(F)cc(CN(C=N)C(=O)Nc2ccc(-c3cn[nH]c3)cc2)c1. The van der Waals surface area contributed by atoms with Crippen LogP contribution in [0.15, 0.2) is 54.9 Å². The van der Waals surface area contributed by atoms with Gasteiger partial charge in [0.15, 0.2) is 0 Å². The van der Waals surface area contributed by atoms with Crippen molar-refractivity contribution in [2.75, 3.05) is 12.4 Å². The number of rotatable bonds is 6. The average Bonchev–Trinajstić information content (AvgIpc) is 3.21. The lowest BCUT2D eigenvalue weighted by Crippen LogP contribution is -2.33. The molecule has 3 rings (SSSR count). The van der Waals surface area contributed by atoms with Gasteiger partial charge in [-0.25, -0.2) is 9.18 Å². The van der Waals surface area contributed by atoms with Crippen LogP contribution in [0.4, 0.5) is 14.9 Å². The Hall–Kier alpha value is -3.68. The van der Waals surface area contributed by atoms with Gasteiger partial charge in [0.1, 0.15) is 11.6 Å². The summed E-state index contributed by atoms with van der Waals surface area (Å²) >= 11 is 0. The minimum atomic E-state index is -0.496. The first-order chi connectivity index (χ1) is 13.1. The molecule has 2 amide bonds. The molecule has 0 aliphatic rings. The maximum absolute atomic E-state index is 13.6. The number of carbonyl (C=O) groups excluding carboxylic acids is 1. The fraction of sp³-hybridized carbons (Fsp3) is 0.105. The fourth-order valence-corrected chi connectivity index (χ4v) is 2.55. The van der Waals surface area contributed by atoms with E-state index in [1.807, 2.05) is 12.1 Å². The van der Waals surface area contributed by atoms with E-state index in [0.29, 0.717) is 17.0 Å². The van der Waals surface area contributed by atoms with Gasteiger partial charge in [0.25, 0.3) is 0 Å². The van der Waals surface area contributed by atoms with E-state index in [1.165, 1.54) is 19.2 Å². The Morgan fingerprint density at radius 2 is 2.07 bits per heavy atom. The number of nitrogens with one attached hydrogen (secondary N) is 3. The molecule has 0 radical (unpaired) electrons. The summed E-state index contributed by atoms with van der Waals surface area (Å²) in [4.78, 5) is 13.6. The van der Waals surface area contributed by atoms with Crippen molar-refractivity contribution < 1.29 is 13.9 Å². The molecule has 1 aromatic heterocycles. The molecule has 0 unspecified atom stereocenters. The Balaban J connectivity index is 1.68. The van der Waals surface area contributed by atoms with E-state index in [4.69, 9.17) is 10.1 Å². The molecule has 0 aliphatic heterocycles. The molecule has 138 valence electrons. The number of anilines is 1. The van der Waals surface area contributed by atoms with Gasteiger partial charge in [0, 0.05) is 23.5 Å². The van der Waals surface area contributed by atoms with Gasteiger partial charge in [0.05, 0.1) is 26.2 Å². The number of benzene rings is 2. The number of aromatic amines is 1. The second-order valence-electron chi connectivity index (χ2n) is 5.75. The second-order valence-corrected chi connectivity index (χ2v) is 5.75. The molecule has 3 aromatic rings. The Kier molecular flexibility index (Phi) is 5.46. The van der Waals surface area contributed by atoms with E-state index in [-0.39, 0.29) is 6.54 Å². The predicted octanol–water partition coefficient (Wildman–Crippen LogP) is 3.87. The molecule has 8 heteroatoms. The molecule has 0 bridgehead atoms. The molecule has 0 spiro atoms. The maximum atomic E-state index is 13.6. The van der Waals surface area contributed by atoms with E-state index in [0.717, 1.165) is 22.4 Å². The van der Waals surface area contributed by atoms with Crippen molar-refractivity contribution in [2.45, 2.75) is 6.54 Å². The lowest BCUT2D eigenvalue weighted by molar-refractivity contribution is 0.233. The smallest absolute Gasteiger partial charge is 0.327 e. The number of aromatic nitrogens is 2. The van der Waals surface area contributed by atoms with Crippen LogP contribution < -0.4 is 10.1 Å². The number of halogens is 1. The van der Waals surface area contributed by atoms with Gasteiger partial charge < -0.3 is 10.1 Å². The number of carbonyl (C=O) groups is 1. The summed E-state index contributed by atoms with van der Waals surface area (Å²) in [6.07, 6.45) is 4.38. The molecule has 0 saturated carbocycles. The molecular weight excluding hydrogens is 349 g/mol. The summed E-state index contributed by atoms with van der Waals surface area (Å²) in [7, 11) is 1.44. The Morgan fingerprint density at radius 1 is 1.30 bits per heavy atom. The van der Waals surface area contributed by atoms with Crippen molar-refractivity contribution in [2.24, 2.45) is 0 Å². The molecule has 27 heavy (non-hydrogen) atoms. The molecule has 2 aromatic carbocycles. The van der Waals surface area contributed by atoms with Crippen molar-refractivity contribution >= 4 is 18.1 Å². The highest BCUT2D eigenvalue weighted by molar-refractivity contribution is 5.96. The first-order valence-corrected chi connectivity index (χ1v) is 8.10. The number of amides is 2. The van der Waals surface area contributed by atoms with Crippen molar-refractivity contribution in [1.29, 1.82) is 5.41 Å². The van der Waals surface area contributed by atoms with Gasteiger partial charge in [0.2, 0.25) is 0 Å². The quantitative estimate of drug-likeness (QED) is 0.456. The molecule has 0 aliphatic carbocycles. The number of urea groups is 1. The van der Waals surface area contributed by atoms with Crippen LogP contribution >= 0.6 is 0 Å². The van der Waals surface area contributed by atoms with Gasteiger partial charge in [-0.15, -0.1) is 0 Å². The zero-order valence-electron chi connectivity index (χ0n) is 14.6. The van der Waals surface area contributed by atoms with Crippen LogP contribution in [-0.4, -0.2) is 34.6 Å². The molecule has 3 N–H and O–H groups in total. The standard InChI is InChI=1S/C19H18FN5O2/c1-27-18-7-13(6-16(20)8-18)11-25(12-21)19(26)24-17-4-2-14(3-5-17)15-9-22-23-10-15/h2-10,12,21H,11H2,1H3,(H,22,23)(H,24,26). The Morgan fingerprint density at radius 3 is 2.70 bits per heavy atom. The summed E-state index contributed by atoms with van der Waals surface area (Å²) in [5.41, 5.74) is 2.99. The largest absolute Gasteiger partial charge is 0.497 e. The minimum Gasteiger partial charge on any atom is -0.497 e. The molecule has 0 atom stereocenters. The third-order valence-electron chi connectivity index (χ3n) is 3.90. The van der Waals surface area contributed by atoms with Crippen molar-refractivity contribution in [1.82, 2.24) is 15.1 Å². The zero-order chi connectivity index (χ0) is 19.2. The van der Waals surface area contributed by atoms with Gasteiger partial charge in [-0.05, 0) is 35.4 Å². The molecule has 7 nitrogen and oxygen atoms in total. The van der Waals surface area contributed by atoms with Gasteiger partial charge in [-0.3, -0.25) is 15.4 Å². The normalized spacial score (nSPS) is 10.3. The maximum Gasteiger partial charge on any atom is 0.327 e. The van der Waals surface area contributed by atoms with Gasteiger partial charge >= 0.3 is 6.03 Å². The van der Waals surface area contributed by atoms with Crippen LogP contribution in [0.3, 0.4) is 0 Å². The monoisotopic (exact) mass is 367 g/mol. The van der Waals surface area contributed by atoms with Crippen LogP contribution in [-0.2, 0) is 6.54 Å². The van der Waals surface area contributed by atoms with Crippen molar-refractivity contribution in [3.63, 3.8) is 0 Å². The number of H-pyrrole nitrogens is 1. The first kappa shape index (κ1) is 18.1. The Bertz CT molecular complexity index is 926. The number of ether oxygens (including phenoxy) is 1. The van der Waals surface area contributed by atoms with Gasteiger partial charge in [-0.2, -0.15) is 5.10 Å². The third kappa shape index (κ3) is 4.49. The van der Waals surface area contributed by atoms with E-state index in [1.54, 1.807) is 30.6 Å². The van der Waals surface area contributed by atoms with E-state index in [9.17, 15) is 9.18 Å². The topological polar surface area (TPSA) is 94.1 Å². The second kappa shape index (κ2) is 8.13. The minimum absolute atomic E-state index is 0.0383. The fourth-order valence-electron chi connectivity index (χ4n) is 2.55. The van der Waals surface area contributed by atoms with Crippen LogP contribution in [0.2, 0.25) is 0 Å². The first-order valence-electron chi connectivity index (χ1n) is 8.10. The summed E-state index contributed by atoms with van der Waals surface area (Å²) in [6, 6.07) is 10.9. The lowest BCUT2D eigenvalue weighted by Gasteiger charge is -2.18. The van der Waals surface area contributed by atoms with Gasteiger partial charge in [-0.1, -0.05) is 12.1 Å². The highest BCUT2D eigenvalue weighted by Crippen LogP contribution is 2.21. The van der Waals surface area contributed by atoms with E-state index >= 15 is 0 Å². The average molecular weight is 367 g/mol. The highest BCUT2D eigenvalue weighted by Gasteiger charge is 2.13. The molecule has 0 fully saturated rings. The van der Waals surface area contributed by atoms with Crippen LogP contribution in [0.25, 0.3) is 11.1 Å². The highest BCUT2D eigenvalue weighted by atomic mass is 19.1. The summed E-state index contributed by atoms with van der Waals surface area (Å²) in [5.74, 6) is -0.116. The lowest BCUT2D eigenvalue weighted by atomic mass is 10.1. The number of hydrogen-bond acceptors (Lipinski definition) is 4. The van der Waals surface area contributed by atoms with Crippen LogP contribution in [0.1, 0.15) is 5.56 Å². The number of nitrogens with zero attached hydrogens (tertiary/aromatic N) is 2. The van der Waals surface area contributed by atoms with Crippen LogP contribution in [0, 0.1) is 11.2 Å². The Labute approximate surface area is 155 Å². The number of methoxy groups -OCH3 is 1. The summed E-state index contributed by atoms with van der Waals surface area (Å²) in [5, 5.41) is 16.9. The van der Waals surface area contributed by atoms with Crippen molar-refractivity contribution in [3.05, 3.63) is 66.2 Å². The van der Waals surface area contributed by atoms with E-state index in [2.05, 4.69) is 15.5 Å². The van der Waals surface area contributed by atoms with Crippen LogP contribution in [0.5, 0.6) is 5.75 Å². The predicted molar refractivity (Wildman–Crippen MR) is 100 cm³/mol. The molecule has 1 heterocycles. The van der Waals surface area contributed by atoms with Crippen molar-refractivity contribution in [3.8, 4) is 16.9 Å². The summed E-state index contributed by atoms with van der Waals surface area (Å²) < 4.78 is 18.6. The summed E-state index contributed by atoms with van der Waals surface area (Å²) in [6.45, 7) is 0.0383. The number of hydrogen-bond donors (Lipinski definition) is 3. The molecular formula is C19H18FN5O2. The zero-order valence-corrected chi connectivity index (χ0v) is 14.6. The molecule has 0 saturated heterocycles. The third-order valence-corrected chi connectivity index (χ3v) is 3.90.